The predicted octanol–water partition coefficient (Wildman–Crippen LogP) is 4.29. The van der Waals surface area contributed by atoms with Crippen molar-refractivity contribution >= 4 is 23.4 Å². The highest BCUT2D eigenvalue weighted by molar-refractivity contribution is 6.31. The predicted molar refractivity (Wildman–Crippen MR) is 138 cm³/mol. The molecule has 0 aliphatic rings. The van der Waals surface area contributed by atoms with Gasteiger partial charge in [0.15, 0.2) is 0 Å². The first-order valence-electron chi connectivity index (χ1n) is 11.2. The number of anilines is 1. The summed E-state index contributed by atoms with van der Waals surface area (Å²) in [5.74, 6) is 0.621. The highest BCUT2D eigenvalue weighted by Gasteiger charge is 2.15. The maximum absolute atomic E-state index is 13.2. The minimum absolute atomic E-state index is 0.197. The van der Waals surface area contributed by atoms with Crippen LogP contribution in [0.3, 0.4) is 0 Å². The van der Waals surface area contributed by atoms with Crippen LogP contribution in [0.25, 0.3) is 28.1 Å². The van der Waals surface area contributed by atoms with Gasteiger partial charge in [0.25, 0.3) is 5.56 Å². The van der Waals surface area contributed by atoms with E-state index in [0.717, 1.165) is 28.2 Å². The Hall–Kier alpha value is -4.77. The fourth-order valence-corrected chi connectivity index (χ4v) is 4.34. The minimum Gasteiger partial charge on any atom is -0.465 e. The van der Waals surface area contributed by atoms with Crippen LogP contribution in [0.1, 0.15) is 17.2 Å². The number of amides is 1. The van der Waals surface area contributed by atoms with Crippen molar-refractivity contribution in [2.45, 2.75) is 20.4 Å². The molecule has 12 heteroatoms. The molecule has 0 fully saturated rings. The highest BCUT2D eigenvalue weighted by atomic mass is 35.5. The number of halogens is 1. The highest BCUT2D eigenvalue weighted by Crippen LogP contribution is 2.29. The van der Waals surface area contributed by atoms with Gasteiger partial charge in [0, 0.05) is 28.0 Å². The molecule has 0 saturated carbocycles. The van der Waals surface area contributed by atoms with E-state index in [1.54, 1.807) is 53.1 Å². The van der Waals surface area contributed by atoms with Crippen molar-refractivity contribution in [1.29, 1.82) is 0 Å². The fraction of sp³-hybridized carbons (Fsp3) is 0.120. The SMILES string of the molecule is Cc1nc(Cn2c(C)cc(-c3cc(Cl)ccc3-n3cnnn3)cc2=O)[nH]c1-c1ccc(NC(=O)O)cc1. The number of pyridine rings is 1. The second-order valence-corrected chi connectivity index (χ2v) is 8.81. The Labute approximate surface area is 215 Å². The van der Waals surface area contributed by atoms with Gasteiger partial charge in [0.1, 0.15) is 12.2 Å². The number of nitrogens with one attached hydrogen (secondary N) is 2. The van der Waals surface area contributed by atoms with E-state index in [0.29, 0.717) is 27.8 Å². The normalized spacial score (nSPS) is 11.0. The summed E-state index contributed by atoms with van der Waals surface area (Å²) in [6.45, 7) is 3.98. The number of hydrogen-bond acceptors (Lipinski definition) is 6. The molecule has 0 unspecified atom stereocenters. The largest absolute Gasteiger partial charge is 0.465 e. The zero-order valence-corrected chi connectivity index (χ0v) is 20.6. The minimum atomic E-state index is -1.12. The second-order valence-electron chi connectivity index (χ2n) is 8.38. The van der Waals surface area contributed by atoms with Crippen LogP contribution in [0, 0.1) is 13.8 Å². The maximum Gasteiger partial charge on any atom is 0.409 e. The summed E-state index contributed by atoms with van der Waals surface area (Å²) >= 11 is 6.26. The van der Waals surface area contributed by atoms with Crippen molar-refractivity contribution in [3.05, 3.63) is 93.5 Å². The van der Waals surface area contributed by atoms with Crippen LogP contribution in [0.5, 0.6) is 0 Å². The number of imidazole rings is 1. The van der Waals surface area contributed by atoms with Gasteiger partial charge in [0.05, 0.1) is 23.6 Å². The number of tetrazole rings is 1. The van der Waals surface area contributed by atoms with Gasteiger partial charge < -0.3 is 14.7 Å². The van der Waals surface area contributed by atoms with Crippen LogP contribution in [0.2, 0.25) is 5.02 Å². The summed E-state index contributed by atoms with van der Waals surface area (Å²) in [5.41, 5.74) is 5.54. The Morgan fingerprint density at radius 3 is 2.54 bits per heavy atom. The van der Waals surface area contributed by atoms with Gasteiger partial charge >= 0.3 is 6.09 Å². The summed E-state index contributed by atoms with van der Waals surface area (Å²) < 4.78 is 3.15. The number of benzene rings is 2. The smallest absolute Gasteiger partial charge is 0.409 e. The Balaban J connectivity index is 1.45. The zero-order chi connectivity index (χ0) is 26.1. The van der Waals surface area contributed by atoms with E-state index in [1.807, 2.05) is 19.9 Å². The molecule has 37 heavy (non-hydrogen) atoms. The molecule has 0 bridgehead atoms. The molecule has 11 nitrogen and oxygen atoms in total. The lowest BCUT2D eigenvalue weighted by atomic mass is 10.0. The number of aromatic nitrogens is 7. The van der Waals surface area contributed by atoms with E-state index in [-0.39, 0.29) is 12.1 Å². The van der Waals surface area contributed by atoms with Crippen molar-refractivity contribution in [3.63, 3.8) is 0 Å². The van der Waals surface area contributed by atoms with E-state index < -0.39 is 6.09 Å². The van der Waals surface area contributed by atoms with Crippen molar-refractivity contribution in [1.82, 2.24) is 34.7 Å². The second kappa shape index (κ2) is 9.70. The number of nitrogens with zero attached hydrogens (tertiary/aromatic N) is 6. The lowest BCUT2D eigenvalue weighted by molar-refractivity contribution is 0.209. The first-order chi connectivity index (χ1) is 17.8. The first kappa shape index (κ1) is 23.9. The third kappa shape index (κ3) is 4.98. The van der Waals surface area contributed by atoms with Gasteiger partial charge in [0.2, 0.25) is 0 Å². The maximum atomic E-state index is 13.2. The number of aromatic amines is 1. The lowest BCUT2D eigenvalue weighted by Crippen LogP contribution is -2.23. The lowest BCUT2D eigenvalue weighted by Gasteiger charge is -2.13. The van der Waals surface area contributed by atoms with E-state index in [4.69, 9.17) is 16.7 Å². The Morgan fingerprint density at radius 2 is 1.86 bits per heavy atom. The van der Waals surface area contributed by atoms with Crippen LogP contribution in [-0.4, -0.2) is 45.9 Å². The van der Waals surface area contributed by atoms with Gasteiger partial charge in [-0.1, -0.05) is 23.7 Å². The molecular weight excluding hydrogens is 496 g/mol. The van der Waals surface area contributed by atoms with Crippen LogP contribution in [0.4, 0.5) is 10.5 Å². The number of hydrogen-bond donors (Lipinski definition) is 3. The molecule has 2 aromatic carbocycles. The van der Waals surface area contributed by atoms with Gasteiger partial charge in [-0.2, -0.15) is 4.68 Å². The molecule has 0 radical (unpaired) electrons. The van der Waals surface area contributed by atoms with Crippen molar-refractivity contribution in [2.75, 3.05) is 5.32 Å². The molecule has 3 aromatic heterocycles. The van der Waals surface area contributed by atoms with Crippen LogP contribution in [0.15, 0.2) is 65.7 Å². The Bertz CT molecular complexity index is 1660. The quantitative estimate of drug-likeness (QED) is 0.305. The monoisotopic (exact) mass is 516 g/mol. The van der Waals surface area contributed by atoms with Crippen molar-refractivity contribution < 1.29 is 9.90 Å². The topological polar surface area (TPSA) is 144 Å². The average Bonchev–Trinajstić information content (AvgIpc) is 3.51. The number of rotatable bonds is 6. The Kier molecular flexibility index (Phi) is 6.28. The summed E-state index contributed by atoms with van der Waals surface area (Å²) in [5, 5.41) is 23.1. The zero-order valence-electron chi connectivity index (χ0n) is 19.8. The molecule has 0 saturated heterocycles. The van der Waals surface area contributed by atoms with Gasteiger partial charge in [-0.15, -0.1) is 5.10 Å². The summed E-state index contributed by atoms with van der Waals surface area (Å²) in [6, 6.07) is 15.7. The van der Waals surface area contributed by atoms with Gasteiger partial charge in [-0.05, 0) is 71.8 Å². The Morgan fingerprint density at radius 1 is 1.08 bits per heavy atom. The summed E-state index contributed by atoms with van der Waals surface area (Å²) in [6.07, 6.45) is 0.356. The third-order valence-corrected chi connectivity index (χ3v) is 6.10. The molecule has 1 amide bonds. The molecular formula is C25H21ClN8O3. The standard InChI is InChI=1S/C25H21ClN8O3/c1-14-9-17(20-11-18(26)5-8-21(20)34-13-27-31-32-34)10-23(35)33(14)12-22-28-15(2)24(30-22)16-3-6-19(7-4-16)29-25(36)37/h3-11,13,29H,12H2,1-2H3,(H,28,30)(H,36,37). The molecule has 0 spiro atoms. The van der Waals surface area contributed by atoms with E-state index in [2.05, 4.69) is 30.8 Å². The van der Waals surface area contributed by atoms with E-state index in [1.165, 1.54) is 11.0 Å². The molecule has 0 aliphatic carbocycles. The van der Waals surface area contributed by atoms with E-state index in [9.17, 15) is 9.59 Å². The summed E-state index contributed by atoms with van der Waals surface area (Å²) in [7, 11) is 0. The van der Waals surface area contributed by atoms with Gasteiger partial charge in [-0.25, -0.2) is 9.78 Å². The molecule has 186 valence electrons. The van der Waals surface area contributed by atoms with E-state index >= 15 is 0 Å². The number of H-pyrrole nitrogens is 1. The van der Waals surface area contributed by atoms with Crippen molar-refractivity contribution in [2.24, 2.45) is 0 Å². The molecule has 5 rings (SSSR count). The molecule has 5 aromatic rings. The number of carbonyl (C=O) groups is 1. The number of aryl methyl sites for hydroxylation is 2. The molecule has 0 atom stereocenters. The average molecular weight is 517 g/mol. The fourth-order valence-electron chi connectivity index (χ4n) is 4.17. The summed E-state index contributed by atoms with van der Waals surface area (Å²) in [4.78, 5) is 31.9. The third-order valence-electron chi connectivity index (χ3n) is 5.87. The van der Waals surface area contributed by atoms with Crippen LogP contribution >= 0.6 is 11.6 Å². The van der Waals surface area contributed by atoms with Crippen molar-refractivity contribution in [3.8, 4) is 28.1 Å². The number of carboxylic acid groups (broad SMARTS) is 1. The molecule has 3 N–H and O–H groups in total. The van der Waals surface area contributed by atoms with Gasteiger partial charge in [-0.3, -0.25) is 10.1 Å². The molecule has 0 aliphatic heterocycles. The molecule has 3 heterocycles. The van der Waals surface area contributed by atoms with Crippen LogP contribution < -0.4 is 10.9 Å². The first-order valence-corrected chi connectivity index (χ1v) is 11.6. The van der Waals surface area contributed by atoms with Crippen LogP contribution in [-0.2, 0) is 6.54 Å².